The van der Waals surface area contributed by atoms with Crippen molar-refractivity contribution in [1.29, 1.82) is 0 Å². The molecule has 3 aromatic rings. The Balaban J connectivity index is 1.44. The van der Waals surface area contributed by atoms with E-state index in [-0.39, 0.29) is 5.91 Å². The molecule has 1 aliphatic heterocycles. The highest BCUT2D eigenvalue weighted by atomic mass is 16.6. The summed E-state index contributed by atoms with van der Waals surface area (Å²) in [6, 6.07) is 20.2. The average molecular weight is 347 g/mol. The van der Waals surface area contributed by atoms with Gasteiger partial charge in [0.15, 0.2) is 11.5 Å². The maximum Gasteiger partial charge on any atom is 0.227 e. The monoisotopic (exact) mass is 347 g/mol. The molecule has 0 saturated carbocycles. The molecule has 0 aromatic heterocycles. The average Bonchev–Trinajstić information content (AvgIpc) is 2.67. The first kappa shape index (κ1) is 16.5. The minimum absolute atomic E-state index is 0.0928. The smallest absolute Gasteiger partial charge is 0.227 e. The van der Waals surface area contributed by atoms with Crippen LogP contribution in [-0.2, 0) is 17.8 Å². The van der Waals surface area contributed by atoms with E-state index in [0.717, 1.165) is 28.0 Å². The first-order valence-corrected chi connectivity index (χ1v) is 8.79. The van der Waals surface area contributed by atoms with Gasteiger partial charge < -0.3 is 14.4 Å². The summed E-state index contributed by atoms with van der Waals surface area (Å²) in [5, 5.41) is 2.35. The Hall–Kier alpha value is -3.01. The van der Waals surface area contributed by atoms with E-state index in [4.69, 9.17) is 9.47 Å². The first-order valence-electron chi connectivity index (χ1n) is 8.79. The Bertz CT molecular complexity index is 951. The molecule has 132 valence electrons. The molecule has 0 unspecified atom stereocenters. The van der Waals surface area contributed by atoms with E-state index >= 15 is 0 Å². The van der Waals surface area contributed by atoms with E-state index in [1.165, 1.54) is 5.39 Å². The van der Waals surface area contributed by atoms with Crippen LogP contribution in [-0.4, -0.2) is 31.1 Å². The summed E-state index contributed by atoms with van der Waals surface area (Å²) in [7, 11) is 1.83. The van der Waals surface area contributed by atoms with E-state index in [0.29, 0.717) is 26.2 Å². The van der Waals surface area contributed by atoms with Crippen molar-refractivity contribution in [3.8, 4) is 11.5 Å². The van der Waals surface area contributed by atoms with Gasteiger partial charge in [0.1, 0.15) is 13.2 Å². The number of carbonyl (C=O) groups excluding carboxylic acids is 1. The van der Waals surface area contributed by atoms with Crippen LogP contribution in [0.2, 0.25) is 0 Å². The Morgan fingerprint density at radius 3 is 2.46 bits per heavy atom. The topological polar surface area (TPSA) is 38.8 Å². The predicted molar refractivity (Wildman–Crippen MR) is 102 cm³/mol. The second-order valence-electron chi connectivity index (χ2n) is 6.59. The third-order valence-electron chi connectivity index (χ3n) is 4.62. The van der Waals surface area contributed by atoms with Gasteiger partial charge in [-0.25, -0.2) is 0 Å². The summed E-state index contributed by atoms with van der Waals surface area (Å²) in [5.41, 5.74) is 2.06. The third-order valence-corrected chi connectivity index (χ3v) is 4.62. The van der Waals surface area contributed by atoms with Crippen LogP contribution in [0.25, 0.3) is 10.8 Å². The van der Waals surface area contributed by atoms with Gasteiger partial charge in [-0.2, -0.15) is 0 Å². The van der Waals surface area contributed by atoms with Crippen molar-refractivity contribution in [2.24, 2.45) is 0 Å². The molecule has 26 heavy (non-hydrogen) atoms. The Labute approximate surface area is 153 Å². The molecule has 4 heteroatoms. The van der Waals surface area contributed by atoms with Crippen LogP contribution in [0.1, 0.15) is 11.1 Å². The maximum absolute atomic E-state index is 12.6. The van der Waals surface area contributed by atoms with Crippen molar-refractivity contribution >= 4 is 16.7 Å². The lowest BCUT2D eigenvalue weighted by atomic mass is 10.0. The van der Waals surface area contributed by atoms with Crippen LogP contribution < -0.4 is 9.47 Å². The normalized spacial score (nSPS) is 12.8. The summed E-state index contributed by atoms with van der Waals surface area (Å²) in [6.07, 6.45) is 0.395. The number of likely N-dealkylation sites (N-methyl/N-ethyl adjacent to an activating group) is 1. The van der Waals surface area contributed by atoms with Gasteiger partial charge in [-0.05, 0) is 34.0 Å². The van der Waals surface area contributed by atoms with Crippen molar-refractivity contribution in [2.75, 3.05) is 20.3 Å². The second-order valence-corrected chi connectivity index (χ2v) is 6.59. The molecule has 0 N–H and O–H groups in total. The molecule has 1 heterocycles. The van der Waals surface area contributed by atoms with Crippen LogP contribution in [0, 0.1) is 0 Å². The van der Waals surface area contributed by atoms with Gasteiger partial charge >= 0.3 is 0 Å². The number of nitrogens with zero attached hydrogens (tertiary/aromatic N) is 1. The summed E-state index contributed by atoms with van der Waals surface area (Å²) < 4.78 is 11.2. The molecular weight excluding hydrogens is 326 g/mol. The molecule has 0 atom stereocenters. The lowest BCUT2D eigenvalue weighted by molar-refractivity contribution is -0.129. The minimum atomic E-state index is 0.0928. The molecule has 1 aliphatic rings. The van der Waals surface area contributed by atoms with Crippen LogP contribution >= 0.6 is 0 Å². The second kappa shape index (κ2) is 7.08. The fourth-order valence-electron chi connectivity index (χ4n) is 3.21. The van der Waals surface area contributed by atoms with Crippen molar-refractivity contribution in [1.82, 2.24) is 4.90 Å². The fourth-order valence-corrected chi connectivity index (χ4v) is 3.21. The summed E-state index contributed by atoms with van der Waals surface area (Å²) in [5.74, 6) is 1.62. The van der Waals surface area contributed by atoms with Gasteiger partial charge in [0, 0.05) is 13.6 Å². The number of carbonyl (C=O) groups is 1. The van der Waals surface area contributed by atoms with Crippen LogP contribution in [0.3, 0.4) is 0 Å². The lowest BCUT2D eigenvalue weighted by Gasteiger charge is -2.21. The van der Waals surface area contributed by atoms with Gasteiger partial charge in [-0.1, -0.05) is 48.5 Å². The molecule has 4 rings (SSSR count). The molecule has 0 bridgehead atoms. The summed E-state index contributed by atoms with van der Waals surface area (Å²) >= 11 is 0. The highest BCUT2D eigenvalue weighted by molar-refractivity contribution is 5.85. The third kappa shape index (κ3) is 3.49. The van der Waals surface area contributed by atoms with Crippen molar-refractivity contribution in [3.05, 3.63) is 71.8 Å². The van der Waals surface area contributed by atoms with Crippen LogP contribution in [0.4, 0.5) is 0 Å². The zero-order valence-electron chi connectivity index (χ0n) is 14.8. The van der Waals surface area contributed by atoms with Gasteiger partial charge in [0.25, 0.3) is 0 Å². The summed E-state index contributed by atoms with van der Waals surface area (Å²) in [4.78, 5) is 14.4. The molecule has 0 radical (unpaired) electrons. The van der Waals surface area contributed by atoms with E-state index in [1.54, 1.807) is 4.90 Å². The van der Waals surface area contributed by atoms with Crippen molar-refractivity contribution in [2.45, 2.75) is 13.0 Å². The zero-order valence-corrected chi connectivity index (χ0v) is 14.8. The Morgan fingerprint density at radius 1 is 0.885 bits per heavy atom. The summed E-state index contributed by atoms with van der Waals surface area (Å²) in [6.45, 7) is 1.69. The van der Waals surface area contributed by atoms with Gasteiger partial charge in [-0.15, -0.1) is 0 Å². The number of hydrogen-bond donors (Lipinski definition) is 0. The van der Waals surface area contributed by atoms with Gasteiger partial charge in [0.05, 0.1) is 6.42 Å². The minimum Gasteiger partial charge on any atom is -0.486 e. The number of ether oxygens (including phenoxy) is 2. The largest absolute Gasteiger partial charge is 0.486 e. The molecule has 1 amide bonds. The first-order chi connectivity index (χ1) is 12.7. The highest BCUT2D eigenvalue weighted by Crippen LogP contribution is 2.31. The Morgan fingerprint density at radius 2 is 1.62 bits per heavy atom. The number of amides is 1. The molecule has 4 nitrogen and oxygen atoms in total. The quantitative estimate of drug-likeness (QED) is 0.720. The highest BCUT2D eigenvalue weighted by Gasteiger charge is 2.15. The number of rotatable bonds is 4. The number of hydrogen-bond acceptors (Lipinski definition) is 3. The molecule has 0 aliphatic carbocycles. The van der Waals surface area contributed by atoms with E-state index < -0.39 is 0 Å². The van der Waals surface area contributed by atoms with E-state index in [9.17, 15) is 4.79 Å². The van der Waals surface area contributed by atoms with E-state index in [1.807, 2.05) is 43.4 Å². The standard InChI is InChI=1S/C22H21NO3/c1-23(15-17-7-9-20-21(13-17)26-11-10-25-20)22(24)14-16-6-8-18-4-2-3-5-19(18)12-16/h2-9,12-13H,10-11,14-15H2,1H3. The zero-order chi connectivity index (χ0) is 17.9. The van der Waals surface area contributed by atoms with Crippen LogP contribution in [0.15, 0.2) is 60.7 Å². The van der Waals surface area contributed by atoms with E-state index in [2.05, 4.69) is 24.3 Å². The van der Waals surface area contributed by atoms with Crippen molar-refractivity contribution in [3.63, 3.8) is 0 Å². The fraction of sp³-hybridized carbons (Fsp3) is 0.227. The molecule has 0 spiro atoms. The lowest BCUT2D eigenvalue weighted by Crippen LogP contribution is -2.27. The molecule has 3 aromatic carbocycles. The Kier molecular flexibility index (Phi) is 4.48. The maximum atomic E-state index is 12.6. The predicted octanol–water partition coefficient (Wildman–Crippen LogP) is 3.81. The number of fused-ring (bicyclic) bond motifs is 2. The van der Waals surface area contributed by atoms with Crippen LogP contribution in [0.5, 0.6) is 11.5 Å². The van der Waals surface area contributed by atoms with Gasteiger partial charge in [-0.3, -0.25) is 4.79 Å². The molecule has 0 fully saturated rings. The molecular formula is C22H21NO3. The molecule has 0 saturated heterocycles. The SMILES string of the molecule is CN(Cc1ccc2c(c1)OCCO2)C(=O)Cc1ccc2ccccc2c1. The van der Waals surface area contributed by atoms with Crippen molar-refractivity contribution < 1.29 is 14.3 Å². The van der Waals surface area contributed by atoms with Gasteiger partial charge in [0.2, 0.25) is 5.91 Å². The number of benzene rings is 3.